The molecule has 3 aromatic heterocycles. The number of hydrogen-bond acceptors (Lipinski definition) is 8. The molecule has 0 amide bonds. The first-order chi connectivity index (χ1) is 11.6. The lowest BCUT2D eigenvalue weighted by atomic mass is 10.1. The quantitative estimate of drug-likeness (QED) is 0.409. The third-order valence-corrected chi connectivity index (χ3v) is 4.18. The van der Waals surface area contributed by atoms with Crippen molar-refractivity contribution in [3.63, 3.8) is 0 Å². The molecule has 4 atom stereocenters. The standard InChI is InChI=1S/C14H16N6O4/c15-11-8-6(12-16-1-2-17-12)3-20(13(8)19-5-18-11)14-10(23)9(22)7(4-21)24-14/h1-3,5,7,9-10,14,21-23H,4H2,(H,16,17)(H2,15,18,19)/t7-,9?,10+,14-/m1/s1. The monoisotopic (exact) mass is 332 g/mol. The van der Waals surface area contributed by atoms with Gasteiger partial charge in [-0.05, 0) is 0 Å². The van der Waals surface area contributed by atoms with E-state index in [0.717, 1.165) is 0 Å². The van der Waals surface area contributed by atoms with Gasteiger partial charge in [-0.3, -0.25) is 0 Å². The number of nitrogens with two attached hydrogens (primary N) is 1. The minimum Gasteiger partial charge on any atom is -0.394 e. The van der Waals surface area contributed by atoms with Crippen LogP contribution in [0.5, 0.6) is 0 Å². The molecule has 6 N–H and O–H groups in total. The van der Waals surface area contributed by atoms with Crippen molar-refractivity contribution >= 4 is 16.9 Å². The van der Waals surface area contributed by atoms with Crippen LogP contribution in [-0.4, -0.2) is 64.7 Å². The van der Waals surface area contributed by atoms with Gasteiger partial charge in [-0.1, -0.05) is 0 Å². The van der Waals surface area contributed by atoms with E-state index in [1.165, 1.54) is 6.33 Å². The largest absolute Gasteiger partial charge is 0.394 e. The minimum absolute atomic E-state index is 0.261. The lowest BCUT2D eigenvalue weighted by Crippen LogP contribution is -2.33. The molecule has 10 heteroatoms. The summed E-state index contributed by atoms with van der Waals surface area (Å²) in [7, 11) is 0. The number of hydrogen-bond donors (Lipinski definition) is 5. The first kappa shape index (κ1) is 15.0. The number of nitrogen functional groups attached to an aromatic ring is 1. The molecule has 126 valence electrons. The number of aromatic amines is 1. The molecule has 4 heterocycles. The number of rotatable bonds is 3. The van der Waals surface area contributed by atoms with E-state index >= 15 is 0 Å². The Bertz CT molecular complexity index is 864. The molecule has 0 saturated carbocycles. The molecule has 0 radical (unpaired) electrons. The number of nitrogens with zero attached hydrogens (tertiary/aromatic N) is 4. The van der Waals surface area contributed by atoms with Crippen LogP contribution in [0.1, 0.15) is 6.23 Å². The van der Waals surface area contributed by atoms with Crippen molar-refractivity contribution in [2.75, 3.05) is 12.3 Å². The minimum atomic E-state index is -1.22. The number of aliphatic hydroxyl groups is 3. The van der Waals surface area contributed by atoms with Crippen molar-refractivity contribution in [1.82, 2.24) is 24.5 Å². The van der Waals surface area contributed by atoms with Crippen LogP contribution in [0.3, 0.4) is 0 Å². The van der Waals surface area contributed by atoms with Crippen LogP contribution in [0.2, 0.25) is 0 Å². The second kappa shape index (κ2) is 5.53. The Hall–Kier alpha value is -2.53. The molecule has 10 nitrogen and oxygen atoms in total. The van der Waals surface area contributed by atoms with E-state index in [1.807, 2.05) is 0 Å². The molecule has 0 bridgehead atoms. The molecular weight excluding hydrogens is 316 g/mol. The number of aromatic nitrogens is 5. The van der Waals surface area contributed by atoms with Crippen molar-refractivity contribution in [3.05, 3.63) is 24.9 Å². The molecule has 1 aliphatic heterocycles. The van der Waals surface area contributed by atoms with Crippen LogP contribution in [0, 0.1) is 0 Å². The van der Waals surface area contributed by atoms with Gasteiger partial charge in [0.2, 0.25) is 0 Å². The van der Waals surface area contributed by atoms with E-state index in [9.17, 15) is 15.3 Å². The zero-order valence-corrected chi connectivity index (χ0v) is 12.4. The van der Waals surface area contributed by atoms with E-state index in [0.29, 0.717) is 22.4 Å². The number of anilines is 1. The summed E-state index contributed by atoms with van der Waals surface area (Å²) in [6.45, 7) is -0.407. The maximum absolute atomic E-state index is 10.3. The number of H-pyrrole nitrogens is 1. The molecule has 1 unspecified atom stereocenters. The van der Waals surface area contributed by atoms with Crippen LogP contribution in [-0.2, 0) is 4.74 Å². The number of imidazole rings is 1. The molecule has 1 fully saturated rings. The molecule has 0 aliphatic carbocycles. The van der Waals surface area contributed by atoms with Gasteiger partial charge >= 0.3 is 0 Å². The molecule has 1 saturated heterocycles. The van der Waals surface area contributed by atoms with Gasteiger partial charge in [0.25, 0.3) is 0 Å². The lowest BCUT2D eigenvalue weighted by Gasteiger charge is -2.17. The Morgan fingerprint density at radius 2 is 2.08 bits per heavy atom. The number of ether oxygens (including phenoxy) is 1. The Morgan fingerprint density at radius 3 is 2.75 bits per heavy atom. The van der Waals surface area contributed by atoms with Crippen molar-refractivity contribution in [1.29, 1.82) is 0 Å². The second-order valence-corrected chi connectivity index (χ2v) is 5.57. The van der Waals surface area contributed by atoms with Crippen molar-refractivity contribution < 1.29 is 20.1 Å². The summed E-state index contributed by atoms with van der Waals surface area (Å²) in [5.74, 6) is 0.823. The normalized spacial score (nSPS) is 27.1. The third kappa shape index (κ3) is 2.08. The number of aliphatic hydroxyl groups excluding tert-OH is 3. The topological polar surface area (TPSA) is 155 Å². The van der Waals surface area contributed by atoms with Gasteiger partial charge in [-0.25, -0.2) is 15.0 Å². The van der Waals surface area contributed by atoms with Gasteiger partial charge in [0, 0.05) is 24.2 Å². The summed E-state index contributed by atoms with van der Waals surface area (Å²) in [5, 5.41) is 30.1. The Kier molecular flexibility index (Phi) is 3.46. The summed E-state index contributed by atoms with van der Waals surface area (Å²) in [4.78, 5) is 15.4. The summed E-state index contributed by atoms with van der Waals surface area (Å²) < 4.78 is 7.15. The van der Waals surface area contributed by atoms with E-state index in [1.54, 1.807) is 23.2 Å². The Balaban J connectivity index is 1.90. The first-order valence-corrected chi connectivity index (χ1v) is 7.35. The zero-order valence-electron chi connectivity index (χ0n) is 12.4. The highest BCUT2D eigenvalue weighted by Crippen LogP contribution is 2.37. The van der Waals surface area contributed by atoms with Gasteiger partial charge in [0.05, 0.1) is 12.0 Å². The summed E-state index contributed by atoms with van der Waals surface area (Å²) in [5.41, 5.74) is 7.07. The molecule has 4 rings (SSSR count). The smallest absolute Gasteiger partial charge is 0.164 e. The lowest BCUT2D eigenvalue weighted by molar-refractivity contribution is -0.0508. The van der Waals surface area contributed by atoms with Gasteiger partial charge < -0.3 is 35.3 Å². The fourth-order valence-corrected chi connectivity index (χ4v) is 3.00. The highest BCUT2D eigenvalue weighted by atomic mass is 16.6. The maximum Gasteiger partial charge on any atom is 0.164 e. The van der Waals surface area contributed by atoms with Crippen LogP contribution in [0.4, 0.5) is 5.82 Å². The second-order valence-electron chi connectivity index (χ2n) is 5.57. The molecule has 0 aromatic carbocycles. The predicted octanol–water partition coefficient (Wildman–Crippen LogP) is -0.985. The zero-order chi connectivity index (χ0) is 16.8. The molecule has 24 heavy (non-hydrogen) atoms. The SMILES string of the molecule is Nc1ncnc2c1c(-c1ncc[nH]1)cn2[C@@H]1O[C@H](CO)C(O)[C@@H]1O. The molecule has 1 aliphatic rings. The van der Waals surface area contributed by atoms with Gasteiger partial charge in [-0.2, -0.15) is 0 Å². The van der Waals surface area contributed by atoms with Crippen LogP contribution in [0.15, 0.2) is 24.9 Å². The Morgan fingerprint density at radius 1 is 1.25 bits per heavy atom. The van der Waals surface area contributed by atoms with E-state index in [-0.39, 0.29) is 5.82 Å². The molecule has 3 aromatic rings. The van der Waals surface area contributed by atoms with Crippen LogP contribution < -0.4 is 5.73 Å². The number of nitrogens with one attached hydrogen (secondary N) is 1. The maximum atomic E-state index is 10.3. The number of fused-ring (bicyclic) bond motifs is 1. The third-order valence-electron chi connectivity index (χ3n) is 4.18. The van der Waals surface area contributed by atoms with E-state index < -0.39 is 31.1 Å². The van der Waals surface area contributed by atoms with Crippen molar-refractivity contribution in [2.24, 2.45) is 0 Å². The summed E-state index contributed by atoms with van der Waals surface area (Å²) in [6.07, 6.45) is 2.03. The van der Waals surface area contributed by atoms with Gasteiger partial charge in [-0.15, -0.1) is 0 Å². The van der Waals surface area contributed by atoms with Crippen LogP contribution in [0.25, 0.3) is 22.4 Å². The highest BCUT2D eigenvalue weighted by molar-refractivity contribution is 5.99. The van der Waals surface area contributed by atoms with Gasteiger partial charge in [0.15, 0.2) is 6.23 Å². The van der Waals surface area contributed by atoms with Gasteiger partial charge in [0.1, 0.15) is 41.9 Å². The van der Waals surface area contributed by atoms with Crippen molar-refractivity contribution in [3.8, 4) is 11.4 Å². The average molecular weight is 332 g/mol. The fourth-order valence-electron chi connectivity index (χ4n) is 3.00. The Labute approximate surface area is 135 Å². The summed E-state index contributed by atoms with van der Waals surface area (Å²) >= 11 is 0. The summed E-state index contributed by atoms with van der Waals surface area (Å²) in [6, 6.07) is 0. The van der Waals surface area contributed by atoms with E-state index in [4.69, 9.17) is 10.5 Å². The molecule has 0 spiro atoms. The predicted molar refractivity (Wildman–Crippen MR) is 82.5 cm³/mol. The fraction of sp³-hybridized carbons (Fsp3) is 0.357. The average Bonchev–Trinajstić information content (AvgIpc) is 3.28. The van der Waals surface area contributed by atoms with Crippen LogP contribution >= 0.6 is 0 Å². The highest BCUT2D eigenvalue weighted by Gasteiger charge is 2.44. The van der Waals surface area contributed by atoms with Crippen molar-refractivity contribution in [2.45, 2.75) is 24.5 Å². The van der Waals surface area contributed by atoms with E-state index in [2.05, 4.69) is 19.9 Å². The molecular formula is C14H16N6O4. The first-order valence-electron chi connectivity index (χ1n) is 7.35.